The zero-order chi connectivity index (χ0) is 23.3. The van der Waals surface area contributed by atoms with Crippen LogP contribution in [0, 0.1) is 46.3 Å². The quantitative estimate of drug-likeness (QED) is 0.246. The molecule has 1 nitrogen and oxygen atoms in total. The molecule has 0 bridgehead atoms. The standard InChI is InChI=1S/C29H51AsOSe/c1-19(2)9-8-10-20(3)24-13-14-25-23-12-11-21-17-22(31)18-27(32-30(6)7)29(21,5)26(23)15-16-28(24,25)4/h11,19-20,22-27,31H,8-10,12-18H2,1-7H3/t20-,22-,23+,24-,25+,26+,27?,28-,29+/m1/s1. The Labute approximate surface area is 209 Å². The number of fused-ring (bicyclic) bond motifs is 5. The molecule has 1 N–H and O–H groups in total. The molecule has 0 heterocycles. The van der Waals surface area contributed by atoms with Crippen LogP contribution in [-0.2, 0) is 0 Å². The molecule has 9 atom stereocenters. The Hall–Kier alpha value is 0.778. The topological polar surface area (TPSA) is 20.2 Å². The molecule has 0 saturated heterocycles. The Morgan fingerprint density at radius 2 is 1.84 bits per heavy atom. The van der Waals surface area contributed by atoms with E-state index in [2.05, 4.69) is 52.1 Å². The molecule has 0 aliphatic heterocycles. The molecule has 3 saturated carbocycles. The van der Waals surface area contributed by atoms with Gasteiger partial charge >= 0.3 is 196 Å². The maximum absolute atomic E-state index is 10.7. The minimum atomic E-state index is -0.655. The van der Waals surface area contributed by atoms with Gasteiger partial charge in [0.05, 0.1) is 0 Å². The fraction of sp³-hybridized carbons (Fsp3) is 0.931. The van der Waals surface area contributed by atoms with Crippen LogP contribution in [0.3, 0.4) is 0 Å². The van der Waals surface area contributed by atoms with Crippen LogP contribution in [0.1, 0.15) is 98.8 Å². The van der Waals surface area contributed by atoms with E-state index >= 15 is 0 Å². The number of allylic oxidation sites excluding steroid dienone is 1. The van der Waals surface area contributed by atoms with Gasteiger partial charge in [0.15, 0.2) is 0 Å². The van der Waals surface area contributed by atoms with E-state index in [1.165, 1.54) is 51.4 Å². The van der Waals surface area contributed by atoms with Crippen molar-refractivity contribution in [3.63, 3.8) is 0 Å². The number of hydrogen-bond acceptors (Lipinski definition) is 1. The molecule has 0 spiro atoms. The molecular formula is C29H51AsOSe. The molecule has 4 aliphatic carbocycles. The molecule has 0 aromatic carbocycles. The van der Waals surface area contributed by atoms with E-state index < -0.39 is 12.8 Å². The average molecular weight is 570 g/mol. The zero-order valence-electron chi connectivity index (χ0n) is 22.1. The molecule has 0 amide bonds. The molecule has 32 heavy (non-hydrogen) atoms. The molecule has 0 radical (unpaired) electrons. The van der Waals surface area contributed by atoms with Gasteiger partial charge in [-0.2, -0.15) is 0 Å². The first kappa shape index (κ1) is 25.9. The van der Waals surface area contributed by atoms with Crippen LogP contribution >= 0.6 is 0 Å². The number of rotatable bonds is 7. The van der Waals surface area contributed by atoms with Gasteiger partial charge in [-0.3, -0.25) is 0 Å². The van der Waals surface area contributed by atoms with E-state index in [9.17, 15) is 5.11 Å². The van der Waals surface area contributed by atoms with Crippen molar-refractivity contribution < 1.29 is 5.11 Å². The summed E-state index contributed by atoms with van der Waals surface area (Å²) in [5, 5.41) is 10.7. The van der Waals surface area contributed by atoms with Crippen molar-refractivity contribution in [2.24, 2.45) is 46.3 Å². The number of hydrogen-bond donors (Lipinski definition) is 1. The van der Waals surface area contributed by atoms with Crippen molar-refractivity contribution in [1.29, 1.82) is 0 Å². The van der Waals surface area contributed by atoms with Gasteiger partial charge in [0.25, 0.3) is 0 Å². The molecule has 0 aromatic rings. The van der Waals surface area contributed by atoms with Crippen LogP contribution < -0.4 is 0 Å². The van der Waals surface area contributed by atoms with Gasteiger partial charge < -0.3 is 0 Å². The van der Waals surface area contributed by atoms with Gasteiger partial charge in [-0.05, 0) is 0 Å². The van der Waals surface area contributed by atoms with E-state index in [0.717, 1.165) is 66.1 Å². The fourth-order valence-electron chi connectivity index (χ4n) is 9.11. The Balaban J connectivity index is 1.54. The van der Waals surface area contributed by atoms with E-state index in [1.54, 1.807) is 5.57 Å². The van der Waals surface area contributed by atoms with Gasteiger partial charge in [-0.15, -0.1) is 0 Å². The van der Waals surface area contributed by atoms with Gasteiger partial charge in [0.1, 0.15) is 0 Å². The van der Waals surface area contributed by atoms with Crippen LogP contribution in [0.4, 0.5) is 0 Å². The average Bonchev–Trinajstić information content (AvgIpc) is 3.05. The van der Waals surface area contributed by atoms with E-state index in [0.29, 0.717) is 10.8 Å². The van der Waals surface area contributed by atoms with Crippen molar-refractivity contribution >= 4 is 25.7 Å². The summed E-state index contributed by atoms with van der Waals surface area (Å²) in [7, 11) is 0. The monoisotopic (exact) mass is 570 g/mol. The molecular weight excluding hydrogens is 518 g/mol. The molecule has 4 rings (SSSR count). The summed E-state index contributed by atoms with van der Waals surface area (Å²) in [4.78, 5) is 0.796. The number of aliphatic hydroxyl groups excluding tert-OH is 1. The van der Waals surface area contributed by atoms with Gasteiger partial charge in [-0.1, -0.05) is 13.8 Å². The van der Waals surface area contributed by atoms with Crippen LogP contribution in [0.2, 0.25) is 16.2 Å². The van der Waals surface area contributed by atoms with Crippen molar-refractivity contribution in [3.05, 3.63) is 11.6 Å². The summed E-state index contributed by atoms with van der Waals surface area (Å²) >= 11 is 0.117. The van der Waals surface area contributed by atoms with Crippen LogP contribution in [-0.4, -0.2) is 36.9 Å². The van der Waals surface area contributed by atoms with Gasteiger partial charge in [-0.25, -0.2) is 0 Å². The van der Waals surface area contributed by atoms with E-state index in [4.69, 9.17) is 0 Å². The molecule has 0 aromatic heterocycles. The Morgan fingerprint density at radius 1 is 1.09 bits per heavy atom. The predicted molar refractivity (Wildman–Crippen MR) is 141 cm³/mol. The SMILES string of the molecule is CC(C)CCC[C@@H](C)[C@H]1CC[C@H]2[C@@H]3CC=C4C[C@@H](O)CC([Se][As](C)C)[C@]4(C)[C@H]3CC[C@]12C. The normalized spacial score (nSPS) is 44.8. The summed E-state index contributed by atoms with van der Waals surface area (Å²) in [6.07, 6.45) is 16.2. The molecule has 4 aliphatic rings. The first-order chi connectivity index (χ1) is 15.1. The van der Waals surface area contributed by atoms with Gasteiger partial charge in [0.2, 0.25) is 0 Å². The maximum atomic E-state index is 10.7. The number of aliphatic hydroxyl groups is 1. The van der Waals surface area contributed by atoms with E-state index in [-0.39, 0.29) is 6.10 Å². The second-order valence-electron chi connectivity index (χ2n) is 13.2. The van der Waals surface area contributed by atoms with Crippen molar-refractivity contribution in [2.45, 2.75) is 121 Å². The first-order valence-electron chi connectivity index (χ1n) is 13.8. The summed E-state index contributed by atoms with van der Waals surface area (Å²) in [6.45, 7) is 12.8. The van der Waals surface area contributed by atoms with Crippen molar-refractivity contribution in [1.82, 2.24) is 0 Å². The summed E-state index contributed by atoms with van der Waals surface area (Å²) < 4.78 is 0. The van der Waals surface area contributed by atoms with Crippen LogP contribution in [0.25, 0.3) is 0 Å². The molecule has 1 unspecified atom stereocenters. The van der Waals surface area contributed by atoms with Gasteiger partial charge in [0, 0.05) is 0 Å². The van der Waals surface area contributed by atoms with Crippen molar-refractivity contribution in [2.75, 3.05) is 0 Å². The van der Waals surface area contributed by atoms with Crippen LogP contribution in [0.5, 0.6) is 0 Å². The summed E-state index contributed by atoms with van der Waals surface area (Å²) in [5.41, 5.74) is 7.79. The fourth-order valence-corrected chi connectivity index (χ4v) is 20.8. The minimum absolute atomic E-state index is 0.0666. The Bertz CT molecular complexity index is 687. The molecule has 3 heteroatoms. The third kappa shape index (κ3) is 4.63. The predicted octanol–water partition coefficient (Wildman–Crippen LogP) is 7.74. The third-order valence-electron chi connectivity index (χ3n) is 10.7. The Morgan fingerprint density at radius 3 is 2.53 bits per heavy atom. The second-order valence-corrected chi connectivity index (χ2v) is 28.5. The van der Waals surface area contributed by atoms with E-state index in [1.807, 2.05) is 0 Å². The molecule has 3 fully saturated rings. The molecule has 184 valence electrons. The summed E-state index contributed by atoms with van der Waals surface area (Å²) in [5.74, 6) is 5.47. The third-order valence-corrected chi connectivity index (χ3v) is 20.9. The van der Waals surface area contributed by atoms with Crippen molar-refractivity contribution in [3.8, 4) is 0 Å². The second kappa shape index (κ2) is 10.0. The zero-order valence-corrected chi connectivity index (χ0v) is 25.7. The van der Waals surface area contributed by atoms with Crippen LogP contribution in [0.15, 0.2) is 11.6 Å². The first-order valence-corrected chi connectivity index (χ1v) is 23.3. The Kier molecular flexibility index (Phi) is 8.11. The summed E-state index contributed by atoms with van der Waals surface area (Å²) in [6, 6.07) is 0.